The lowest BCUT2D eigenvalue weighted by molar-refractivity contribution is 0.578. The van der Waals surface area contributed by atoms with Gasteiger partial charge in [-0.2, -0.15) is 0 Å². The van der Waals surface area contributed by atoms with Crippen LogP contribution in [0.15, 0.2) is 36.5 Å². The van der Waals surface area contributed by atoms with Crippen molar-refractivity contribution in [3.63, 3.8) is 0 Å². The first kappa shape index (κ1) is 20.3. The third kappa shape index (κ3) is 4.88. The maximum absolute atomic E-state index is 6.22. The summed E-state index contributed by atoms with van der Waals surface area (Å²) in [6.07, 6.45) is 4.19. The number of pyridine rings is 1. The summed E-state index contributed by atoms with van der Waals surface area (Å²) in [5, 5.41) is 8.01. The predicted octanol–water partition coefficient (Wildman–Crippen LogP) is 5.06. The normalized spacial score (nSPS) is 14.4. The number of rotatable bonds is 5. The zero-order chi connectivity index (χ0) is 14.9. The molecule has 0 saturated heterocycles. The Morgan fingerprint density at radius 3 is 2.35 bits per heavy atom. The van der Waals surface area contributed by atoms with Gasteiger partial charge >= 0.3 is 0 Å². The number of halogens is 4. The molecule has 3 nitrogen and oxygen atoms in total. The van der Waals surface area contributed by atoms with Crippen molar-refractivity contribution in [1.82, 2.24) is 10.3 Å². The molecule has 1 heterocycles. The van der Waals surface area contributed by atoms with Gasteiger partial charge in [-0.25, -0.2) is 4.98 Å². The summed E-state index contributed by atoms with van der Waals surface area (Å²) >= 11 is 12.1. The van der Waals surface area contributed by atoms with Crippen LogP contribution in [0, 0.1) is 0 Å². The van der Waals surface area contributed by atoms with E-state index in [1.54, 1.807) is 6.20 Å². The van der Waals surface area contributed by atoms with Gasteiger partial charge in [-0.1, -0.05) is 35.3 Å². The van der Waals surface area contributed by atoms with Gasteiger partial charge in [-0.05, 0) is 43.7 Å². The third-order valence-electron chi connectivity index (χ3n) is 4.01. The van der Waals surface area contributed by atoms with Crippen LogP contribution in [0.3, 0.4) is 0 Å². The van der Waals surface area contributed by atoms with Gasteiger partial charge in [0, 0.05) is 22.7 Å². The highest BCUT2D eigenvalue weighted by molar-refractivity contribution is 6.32. The van der Waals surface area contributed by atoms with E-state index in [0.29, 0.717) is 10.2 Å². The summed E-state index contributed by atoms with van der Waals surface area (Å²) in [6, 6.07) is 9.64. The van der Waals surface area contributed by atoms with Crippen molar-refractivity contribution in [2.24, 2.45) is 0 Å². The van der Waals surface area contributed by atoms with Crippen LogP contribution in [0.2, 0.25) is 10.2 Å². The Balaban J connectivity index is 0.00000132. The number of nitrogens with zero attached hydrogens (tertiary/aromatic N) is 1. The van der Waals surface area contributed by atoms with Crippen LogP contribution in [-0.2, 0) is 0 Å². The maximum Gasteiger partial charge on any atom is 0.136 e. The smallest absolute Gasteiger partial charge is 0.136 e. The molecule has 1 aliphatic rings. The van der Waals surface area contributed by atoms with E-state index < -0.39 is 0 Å². The van der Waals surface area contributed by atoms with Gasteiger partial charge in [0.25, 0.3) is 0 Å². The fourth-order valence-electron chi connectivity index (χ4n) is 2.31. The Morgan fingerprint density at radius 2 is 1.78 bits per heavy atom. The molecule has 1 aliphatic carbocycles. The summed E-state index contributed by atoms with van der Waals surface area (Å²) in [5.41, 5.74) is 3.15. The monoisotopic (exact) mass is 393 g/mol. The van der Waals surface area contributed by atoms with Crippen LogP contribution < -0.4 is 10.6 Å². The summed E-state index contributed by atoms with van der Waals surface area (Å²) in [5.74, 6) is 0. The average Bonchev–Trinajstić information content (AvgIpc) is 3.28. The Morgan fingerprint density at radius 1 is 1.13 bits per heavy atom. The van der Waals surface area contributed by atoms with Crippen LogP contribution in [0.5, 0.6) is 0 Å². The number of benzene rings is 1. The highest BCUT2D eigenvalue weighted by Gasteiger charge is 2.40. The van der Waals surface area contributed by atoms with E-state index in [9.17, 15) is 0 Å². The standard InChI is InChI=1S/C16H17Cl2N3.2ClH/c1-19-16(6-7-16)10-21-13-8-14(15(18)20-9-13)11-2-4-12(17)5-3-11;;/h2-5,8-9,19,21H,6-7,10H2,1H3;2*1H. The second kappa shape index (κ2) is 8.41. The molecule has 1 saturated carbocycles. The van der Waals surface area contributed by atoms with Crippen LogP contribution in [-0.4, -0.2) is 24.1 Å². The van der Waals surface area contributed by atoms with E-state index in [2.05, 4.69) is 15.6 Å². The van der Waals surface area contributed by atoms with Gasteiger partial charge in [-0.3, -0.25) is 0 Å². The summed E-state index contributed by atoms with van der Waals surface area (Å²) < 4.78 is 0. The van der Waals surface area contributed by atoms with E-state index in [0.717, 1.165) is 23.4 Å². The van der Waals surface area contributed by atoms with Crippen molar-refractivity contribution in [2.75, 3.05) is 18.9 Å². The number of aromatic nitrogens is 1. The van der Waals surface area contributed by atoms with E-state index in [1.165, 1.54) is 12.8 Å². The first-order valence-corrected chi connectivity index (χ1v) is 7.72. The molecule has 0 radical (unpaired) electrons. The Labute approximate surface area is 159 Å². The molecule has 2 N–H and O–H groups in total. The first-order chi connectivity index (χ1) is 10.1. The van der Waals surface area contributed by atoms with Gasteiger partial charge in [0.2, 0.25) is 0 Å². The van der Waals surface area contributed by atoms with Crippen molar-refractivity contribution < 1.29 is 0 Å². The van der Waals surface area contributed by atoms with Crippen molar-refractivity contribution >= 4 is 53.7 Å². The highest BCUT2D eigenvalue weighted by atomic mass is 35.5. The number of anilines is 1. The molecule has 3 rings (SSSR count). The second-order valence-electron chi connectivity index (χ2n) is 5.45. The zero-order valence-corrected chi connectivity index (χ0v) is 15.7. The minimum Gasteiger partial charge on any atom is -0.382 e. The maximum atomic E-state index is 6.22. The topological polar surface area (TPSA) is 37.0 Å². The number of nitrogens with one attached hydrogen (secondary N) is 2. The molecule has 0 spiro atoms. The summed E-state index contributed by atoms with van der Waals surface area (Å²) in [4.78, 5) is 4.27. The molecule has 0 amide bonds. The average molecular weight is 395 g/mol. The van der Waals surface area contributed by atoms with Gasteiger partial charge in [-0.15, -0.1) is 24.8 Å². The Hall–Kier alpha value is -0.710. The number of hydrogen-bond acceptors (Lipinski definition) is 3. The first-order valence-electron chi connectivity index (χ1n) is 6.96. The molecule has 1 aromatic heterocycles. The fraction of sp³-hybridized carbons (Fsp3) is 0.312. The molecule has 1 aromatic carbocycles. The SMILES string of the molecule is CNC1(CNc2cnc(Cl)c(-c3ccc(Cl)cc3)c2)CC1.Cl.Cl. The molecule has 23 heavy (non-hydrogen) atoms. The van der Waals surface area contributed by atoms with E-state index in [-0.39, 0.29) is 30.4 Å². The Kier molecular flexibility index (Phi) is 7.43. The summed E-state index contributed by atoms with van der Waals surface area (Å²) in [6.45, 7) is 0.896. The molecule has 2 aromatic rings. The van der Waals surface area contributed by atoms with Crippen molar-refractivity contribution in [2.45, 2.75) is 18.4 Å². The molecule has 0 atom stereocenters. The van der Waals surface area contributed by atoms with Crippen LogP contribution in [0.4, 0.5) is 5.69 Å². The molecular formula is C16H19Cl4N3. The molecule has 0 bridgehead atoms. The molecule has 1 fully saturated rings. The Bertz CT molecular complexity index is 642. The molecular weight excluding hydrogens is 376 g/mol. The quantitative estimate of drug-likeness (QED) is 0.695. The second-order valence-corrected chi connectivity index (χ2v) is 6.25. The highest BCUT2D eigenvalue weighted by Crippen LogP contribution is 2.35. The van der Waals surface area contributed by atoms with Crippen molar-refractivity contribution in [1.29, 1.82) is 0 Å². The van der Waals surface area contributed by atoms with Crippen LogP contribution in [0.1, 0.15) is 12.8 Å². The predicted molar refractivity (Wildman–Crippen MR) is 104 cm³/mol. The van der Waals surface area contributed by atoms with E-state index in [4.69, 9.17) is 23.2 Å². The minimum absolute atomic E-state index is 0. The minimum atomic E-state index is 0. The van der Waals surface area contributed by atoms with Gasteiger partial charge in [0.15, 0.2) is 0 Å². The van der Waals surface area contributed by atoms with E-state index in [1.807, 2.05) is 37.4 Å². The molecule has 7 heteroatoms. The van der Waals surface area contributed by atoms with Gasteiger partial charge < -0.3 is 10.6 Å². The van der Waals surface area contributed by atoms with Crippen LogP contribution in [0.25, 0.3) is 11.1 Å². The lowest BCUT2D eigenvalue weighted by Gasteiger charge is -2.16. The summed E-state index contributed by atoms with van der Waals surface area (Å²) in [7, 11) is 2.01. The molecule has 126 valence electrons. The van der Waals surface area contributed by atoms with Crippen molar-refractivity contribution in [3.05, 3.63) is 46.7 Å². The molecule has 0 aliphatic heterocycles. The molecule has 0 unspecified atom stereocenters. The van der Waals surface area contributed by atoms with Crippen molar-refractivity contribution in [3.8, 4) is 11.1 Å². The third-order valence-corrected chi connectivity index (χ3v) is 4.56. The number of hydrogen-bond donors (Lipinski definition) is 2. The van der Waals surface area contributed by atoms with Crippen LogP contribution >= 0.6 is 48.0 Å². The zero-order valence-electron chi connectivity index (χ0n) is 12.6. The largest absolute Gasteiger partial charge is 0.382 e. The lowest BCUT2D eigenvalue weighted by atomic mass is 10.1. The van der Waals surface area contributed by atoms with Gasteiger partial charge in [0.1, 0.15) is 5.15 Å². The van der Waals surface area contributed by atoms with E-state index >= 15 is 0 Å². The lowest BCUT2D eigenvalue weighted by Crippen LogP contribution is -2.34. The number of likely N-dealkylation sites (N-methyl/N-ethyl adjacent to an activating group) is 1. The van der Waals surface area contributed by atoms with Gasteiger partial charge in [0.05, 0.1) is 11.9 Å². The fourth-order valence-corrected chi connectivity index (χ4v) is 2.65.